The van der Waals surface area contributed by atoms with Gasteiger partial charge in [0.1, 0.15) is 5.75 Å². The lowest BCUT2D eigenvalue weighted by molar-refractivity contribution is 0.0997. The summed E-state index contributed by atoms with van der Waals surface area (Å²) in [5.74, 6) is -0.574. The minimum absolute atomic E-state index is 0.0136. The molecule has 4 N–H and O–H groups in total. The van der Waals surface area contributed by atoms with Crippen molar-refractivity contribution in [3.8, 4) is 5.75 Å². The van der Waals surface area contributed by atoms with Crippen molar-refractivity contribution in [3.63, 3.8) is 0 Å². The van der Waals surface area contributed by atoms with Gasteiger partial charge in [0.25, 0.3) is 5.91 Å². The van der Waals surface area contributed by atoms with Crippen LogP contribution in [-0.4, -0.2) is 38.7 Å². The first-order valence-electron chi connectivity index (χ1n) is 6.25. The fraction of sp³-hybridized carbons (Fsp3) is 0.462. The van der Waals surface area contributed by atoms with E-state index in [-0.39, 0.29) is 29.2 Å². The molecule has 0 unspecified atom stereocenters. The first-order valence-corrected chi connectivity index (χ1v) is 7.74. The van der Waals surface area contributed by atoms with Gasteiger partial charge in [0.05, 0.1) is 17.6 Å². The molecule has 0 saturated carbocycles. The van der Waals surface area contributed by atoms with Crippen molar-refractivity contribution in [3.05, 3.63) is 23.8 Å². The summed E-state index contributed by atoms with van der Waals surface area (Å²) in [6, 6.07) is 3.86. The number of methoxy groups -OCH3 is 1. The molecule has 0 aromatic heterocycles. The number of carbonyl (C=O) groups excluding carboxylic acids is 1. The topological polar surface area (TPSA) is 119 Å². The van der Waals surface area contributed by atoms with Gasteiger partial charge < -0.3 is 15.6 Å². The first-order chi connectivity index (χ1) is 9.63. The van der Waals surface area contributed by atoms with E-state index in [9.17, 15) is 13.2 Å². The molecule has 1 aromatic rings. The number of nitrogens with one attached hydrogen (secondary N) is 1. The van der Waals surface area contributed by atoms with Crippen molar-refractivity contribution in [2.75, 3.05) is 13.7 Å². The van der Waals surface area contributed by atoms with E-state index in [1.807, 2.05) is 0 Å². The van der Waals surface area contributed by atoms with E-state index in [1.165, 1.54) is 25.3 Å². The number of amides is 1. The number of hydrogen-bond donors (Lipinski definition) is 3. The summed E-state index contributed by atoms with van der Waals surface area (Å²) in [5, 5.41) is 8.94. The van der Waals surface area contributed by atoms with Crippen LogP contribution in [0.15, 0.2) is 23.1 Å². The van der Waals surface area contributed by atoms with Gasteiger partial charge in [-0.1, -0.05) is 0 Å². The molecule has 7 nitrogen and oxygen atoms in total. The Morgan fingerprint density at radius 1 is 1.43 bits per heavy atom. The lowest BCUT2D eigenvalue weighted by Gasteiger charge is -2.25. The van der Waals surface area contributed by atoms with Gasteiger partial charge in [-0.05, 0) is 38.5 Å². The average Bonchev–Trinajstić information content (AvgIpc) is 2.36. The third-order valence-electron chi connectivity index (χ3n) is 2.89. The minimum atomic E-state index is -3.85. The van der Waals surface area contributed by atoms with E-state index in [0.29, 0.717) is 0 Å². The molecule has 118 valence electrons. The molecule has 1 rings (SSSR count). The van der Waals surface area contributed by atoms with Gasteiger partial charge in [-0.25, -0.2) is 13.1 Å². The standard InChI is InChI=1S/C13H20N2O5S/c1-13(2,6-7-16)15-21(18,19)9-4-5-11(20-3)10(8-9)12(14)17/h4-5,8,15-16H,6-7H2,1-3H3,(H2,14,17). The van der Waals surface area contributed by atoms with Gasteiger partial charge >= 0.3 is 0 Å². The molecule has 21 heavy (non-hydrogen) atoms. The van der Waals surface area contributed by atoms with Crippen LogP contribution in [0.3, 0.4) is 0 Å². The Morgan fingerprint density at radius 3 is 2.52 bits per heavy atom. The van der Waals surface area contributed by atoms with Crippen molar-refractivity contribution in [1.82, 2.24) is 4.72 Å². The lowest BCUT2D eigenvalue weighted by Crippen LogP contribution is -2.43. The van der Waals surface area contributed by atoms with E-state index >= 15 is 0 Å². The summed E-state index contributed by atoms with van der Waals surface area (Å²) in [5.41, 5.74) is 4.38. The highest BCUT2D eigenvalue weighted by Gasteiger charge is 2.26. The summed E-state index contributed by atoms with van der Waals surface area (Å²) < 4.78 is 32.1. The molecule has 1 amide bonds. The van der Waals surface area contributed by atoms with E-state index in [0.717, 1.165) is 0 Å². The van der Waals surface area contributed by atoms with Crippen molar-refractivity contribution in [2.24, 2.45) is 5.73 Å². The Labute approximate surface area is 124 Å². The number of benzene rings is 1. The number of primary amides is 1. The zero-order chi connectivity index (χ0) is 16.3. The van der Waals surface area contributed by atoms with Crippen LogP contribution in [-0.2, 0) is 10.0 Å². The van der Waals surface area contributed by atoms with Gasteiger partial charge in [-0.15, -0.1) is 0 Å². The minimum Gasteiger partial charge on any atom is -0.496 e. The number of hydrogen-bond acceptors (Lipinski definition) is 5. The largest absolute Gasteiger partial charge is 0.496 e. The third kappa shape index (κ3) is 4.42. The second-order valence-electron chi connectivity index (χ2n) is 5.19. The highest BCUT2D eigenvalue weighted by molar-refractivity contribution is 7.89. The van der Waals surface area contributed by atoms with E-state index in [1.54, 1.807) is 13.8 Å². The zero-order valence-corrected chi connectivity index (χ0v) is 13.0. The maximum absolute atomic E-state index is 12.3. The molecule has 0 bridgehead atoms. The molecule has 0 heterocycles. The number of ether oxygens (including phenoxy) is 1. The Kier molecular flexibility index (Phi) is 5.32. The number of sulfonamides is 1. The van der Waals surface area contributed by atoms with Crippen LogP contribution in [0.2, 0.25) is 0 Å². The predicted octanol–water partition coefficient (Wildman–Crippen LogP) is 0.233. The van der Waals surface area contributed by atoms with E-state index < -0.39 is 21.5 Å². The summed E-state index contributed by atoms with van der Waals surface area (Å²) in [4.78, 5) is 11.2. The molecule has 0 spiro atoms. The van der Waals surface area contributed by atoms with Crippen LogP contribution < -0.4 is 15.2 Å². The van der Waals surface area contributed by atoms with Crippen LogP contribution in [0, 0.1) is 0 Å². The summed E-state index contributed by atoms with van der Waals surface area (Å²) in [6.07, 6.45) is 0.255. The van der Waals surface area contributed by atoms with Crippen molar-refractivity contribution in [2.45, 2.75) is 30.7 Å². The Balaban J connectivity index is 3.21. The monoisotopic (exact) mass is 316 g/mol. The van der Waals surface area contributed by atoms with Crippen LogP contribution in [0.5, 0.6) is 5.75 Å². The van der Waals surface area contributed by atoms with Crippen molar-refractivity contribution >= 4 is 15.9 Å². The number of rotatable bonds is 7. The lowest BCUT2D eigenvalue weighted by atomic mass is 10.0. The molecule has 1 aromatic carbocycles. The molecule has 8 heteroatoms. The molecule has 0 aliphatic carbocycles. The predicted molar refractivity (Wildman–Crippen MR) is 77.6 cm³/mol. The molecule has 0 saturated heterocycles. The average molecular weight is 316 g/mol. The normalized spacial score (nSPS) is 12.2. The Hall–Kier alpha value is -1.64. The maximum Gasteiger partial charge on any atom is 0.252 e. The molecule has 0 atom stereocenters. The molecule has 0 aliphatic rings. The summed E-state index contributed by atoms with van der Waals surface area (Å²) >= 11 is 0. The number of aliphatic hydroxyl groups is 1. The fourth-order valence-corrected chi connectivity index (χ4v) is 3.27. The molecule has 0 radical (unpaired) electrons. The quantitative estimate of drug-likeness (QED) is 0.665. The first kappa shape index (κ1) is 17.4. The molecule has 0 fully saturated rings. The van der Waals surface area contributed by atoms with Gasteiger partial charge in [-0.3, -0.25) is 4.79 Å². The molecule has 0 aliphatic heterocycles. The van der Waals surface area contributed by atoms with Gasteiger partial charge in [0.2, 0.25) is 10.0 Å². The van der Waals surface area contributed by atoms with Gasteiger partial charge in [0.15, 0.2) is 0 Å². The second kappa shape index (κ2) is 6.42. The van der Waals surface area contributed by atoms with Crippen LogP contribution >= 0.6 is 0 Å². The highest BCUT2D eigenvalue weighted by atomic mass is 32.2. The fourth-order valence-electron chi connectivity index (χ4n) is 1.80. The SMILES string of the molecule is COc1ccc(S(=O)(=O)NC(C)(C)CCO)cc1C(N)=O. The van der Waals surface area contributed by atoms with Crippen LogP contribution in [0.4, 0.5) is 0 Å². The van der Waals surface area contributed by atoms with E-state index in [4.69, 9.17) is 15.6 Å². The van der Waals surface area contributed by atoms with Crippen LogP contribution in [0.1, 0.15) is 30.6 Å². The number of carbonyl (C=O) groups is 1. The van der Waals surface area contributed by atoms with E-state index in [2.05, 4.69) is 4.72 Å². The molecular weight excluding hydrogens is 296 g/mol. The number of aliphatic hydroxyl groups excluding tert-OH is 1. The second-order valence-corrected chi connectivity index (χ2v) is 6.87. The number of nitrogens with two attached hydrogens (primary N) is 1. The Bertz CT molecular complexity index is 625. The maximum atomic E-state index is 12.3. The smallest absolute Gasteiger partial charge is 0.252 e. The Morgan fingerprint density at radius 2 is 2.05 bits per heavy atom. The molecular formula is C13H20N2O5S. The van der Waals surface area contributed by atoms with Crippen molar-refractivity contribution < 1.29 is 23.1 Å². The third-order valence-corrected chi connectivity index (χ3v) is 4.59. The zero-order valence-electron chi connectivity index (χ0n) is 12.2. The van der Waals surface area contributed by atoms with Crippen molar-refractivity contribution in [1.29, 1.82) is 0 Å². The van der Waals surface area contributed by atoms with Crippen LogP contribution in [0.25, 0.3) is 0 Å². The summed E-state index contributed by atoms with van der Waals surface area (Å²) in [6.45, 7) is 3.16. The van der Waals surface area contributed by atoms with Gasteiger partial charge in [-0.2, -0.15) is 0 Å². The van der Waals surface area contributed by atoms with Gasteiger partial charge in [0, 0.05) is 12.1 Å². The summed E-state index contributed by atoms with van der Waals surface area (Å²) in [7, 11) is -2.49. The highest BCUT2D eigenvalue weighted by Crippen LogP contribution is 2.23.